The van der Waals surface area contributed by atoms with E-state index in [1.54, 1.807) is 6.20 Å². The molecule has 6 nitrogen and oxygen atoms in total. The van der Waals surface area contributed by atoms with E-state index in [4.69, 9.17) is 5.10 Å². The molecule has 1 aliphatic heterocycles. The van der Waals surface area contributed by atoms with Gasteiger partial charge in [-0.3, -0.25) is 14.5 Å². The van der Waals surface area contributed by atoms with Crippen LogP contribution in [0.4, 0.5) is 0 Å². The number of amides is 1. The quantitative estimate of drug-likeness (QED) is 0.663. The summed E-state index contributed by atoms with van der Waals surface area (Å²) in [5.41, 5.74) is 5.47. The second kappa shape index (κ2) is 6.78. The number of rotatable bonds is 3. The highest BCUT2D eigenvalue weighted by molar-refractivity contribution is 5.81. The van der Waals surface area contributed by atoms with Gasteiger partial charge in [0, 0.05) is 61.1 Å². The molecular formula is C22H23N5O. The minimum Gasteiger partial charge on any atom is -0.352 e. The number of carbonyl (C=O) groups excluding carboxylic acids is 1. The molecule has 142 valence electrons. The van der Waals surface area contributed by atoms with Crippen LogP contribution in [0.25, 0.3) is 11.3 Å². The number of allylic oxidation sites excluding steroid dienone is 2. The molecule has 1 amide bonds. The van der Waals surface area contributed by atoms with E-state index in [1.165, 1.54) is 0 Å². The monoisotopic (exact) mass is 373 g/mol. The molecule has 1 aliphatic carbocycles. The zero-order valence-electron chi connectivity index (χ0n) is 16.0. The number of carbonyl (C=O) groups is 1. The molecule has 0 atom stereocenters. The molecule has 0 spiro atoms. The molecular weight excluding hydrogens is 350 g/mol. The van der Waals surface area contributed by atoms with Crippen LogP contribution in [0.3, 0.4) is 0 Å². The van der Waals surface area contributed by atoms with Crippen LogP contribution in [-0.2, 0) is 31.5 Å². The summed E-state index contributed by atoms with van der Waals surface area (Å²) in [6.07, 6.45) is 13.7. The molecule has 4 heterocycles. The standard InChI is InChI=1S/C22H23N5O/c1-25-10-8-19-20(25)15-26(22(28)17-6-2-3-7-17)13-18-14-27(24-21(18)19)12-16-5-4-9-23-11-16/h2-5,8-11,14,17H,6-7,12-13,15H2,1H3. The SMILES string of the molecule is Cn1ccc2c1CN(C(=O)C1CC=CC1)Cc1cn(Cc3cccnc3)nc1-2. The number of fused-ring (bicyclic) bond motifs is 3. The zero-order chi connectivity index (χ0) is 19.1. The van der Waals surface area contributed by atoms with E-state index in [-0.39, 0.29) is 11.8 Å². The Labute approximate surface area is 164 Å². The summed E-state index contributed by atoms with van der Waals surface area (Å²) in [7, 11) is 2.04. The molecule has 28 heavy (non-hydrogen) atoms. The Balaban J connectivity index is 1.51. The van der Waals surface area contributed by atoms with Crippen molar-refractivity contribution in [3.05, 3.63) is 72.0 Å². The second-order valence-electron chi connectivity index (χ2n) is 7.68. The number of hydrogen-bond donors (Lipinski definition) is 0. The summed E-state index contributed by atoms with van der Waals surface area (Å²) < 4.78 is 4.07. The van der Waals surface area contributed by atoms with Gasteiger partial charge < -0.3 is 9.47 Å². The van der Waals surface area contributed by atoms with Crippen molar-refractivity contribution < 1.29 is 4.79 Å². The van der Waals surface area contributed by atoms with Gasteiger partial charge >= 0.3 is 0 Å². The lowest BCUT2D eigenvalue weighted by molar-refractivity contribution is -0.136. The van der Waals surface area contributed by atoms with Crippen LogP contribution in [0.1, 0.15) is 29.7 Å². The highest BCUT2D eigenvalue weighted by Gasteiger charge is 2.30. The normalized spacial score (nSPS) is 16.1. The second-order valence-corrected chi connectivity index (χ2v) is 7.68. The molecule has 0 aromatic carbocycles. The molecule has 0 N–H and O–H groups in total. The van der Waals surface area contributed by atoms with Crippen molar-refractivity contribution in [3.63, 3.8) is 0 Å². The first-order valence-electron chi connectivity index (χ1n) is 9.72. The van der Waals surface area contributed by atoms with E-state index in [1.807, 2.05) is 28.9 Å². The lowest BCUT2D eigenvalue weighted by atomic mass is 10.1. The Hall–Kier alpha value is -3.15. The average Bonchev–Trinajstić information content (AvgIpc) is 3.42. The Morgan fingerprint density at radius 3 is 2.86 bits per heavy atom. The summed E-state index contributed by atoms with van der Waals surface area (Å²) in [5.74, 6) is 0.320. The first-order valence-corrected chi connectivity index (χ1v) is 9.72. The van der Waals surface area contributed by atoms with E-state index in [2.05, 4.69) is 46.2 Å². The molecule has 0 fully saturated rings. The molecule has 3 aromatic rings. The third-order valence-corrected chi connectivity index (χ3v) is 5.73. The largest absolute Gasteiger partial charge is 0.352 e. The topological polar surface area (TPSA) is 56.0 Å². The summed E-state index contributed by atoms with van der Waals surface area (Å²) in [5, 5.41) is 4.88. The van der Waals surface area contributed by atoms with Crippen LogP contribution in [0.15, 0.2) is 55.1 Å². The number of aromatic nitrogens is 4. The number of hydrogen-bond acceptors (Lipinski definition) is 3. The fraction of sp³-hybridized carbons (Fsp3) is 0.318. The lowest BCUT2D eigenvalue weighted by Crippen LogP contribution is -2.34. The van der Waals surface area contributed by atoms with E-state index < -0.39 is 0 Å². The van der Waals surface area contributed by atoms with Gasteiger partial charge in [-0.2, -0.15) is 5.10 Å². The van der Waals surface area contributed by atoms with Crippen LogP contribution in [0, 0.1) is 5.92 Å². The van der Waals surface area contributed by atoms with Crippen molar-refractivity contribution >= 4 is 5.91 Å². The molecule has 3 aromatic heterocycles. The van der Waals surface area contributed by atoms with Gasteiger partial charge in [-0.25, -0.2) is 0 Å². The first kappa shape index (κ1) is 17.0. The molecule has 5 rings (SSSR count). The third-order valence-electron chi connectivity index (χ3n) is 5.73. The van der Waals surface area contributed by atoms with E-state index in [9.17, 15) is 4.79 Å². The summed E-state index contributed by atoms with van der Waals surface area (Å²) in [4.78, 5) is 19.3. The van der Waals surface area contributed by atoms with Gasteiger partial charge in [-0.05, 0) is 30.5 Å². The van der Waals surface area contributed by atoms with Gasteiger partial charge in [-0.15, -0.1) is 0 Å². The van der Waals surface area contributed by atoms with Crippen molar-refractivity contribution in [2.75, 3.05) is 0 Å². The van der Waals surface area contributed by atoms with Crippen LogP contribution >= 0.6 is 0 Å². The van der Waals surface area contributed by atoms with Crippen LogP contribution < -0.4 is 0 Å². The van der Waals surface area contributed by atoms with Crippen molar-refractivity contribution in [2.24, 2.45) is 13.0 Å². The zero-order valence-corrected chi connectivity index (χ0v) is 16.0. The molecule has 2 aliphatic rings. The third kappa shape index (κ3) is 2.95. The molecule has 0 unspecified atom stereocenters. The van der Waals surface area contributed by atoms with E-state index >= 15 is 0 Å². The fourth-order valence-corrected chi connectivity index (χ4v) is 4.21. The Morgan fingerprint density at radius 1 is 1.21 bits per heavy atom. The van der Waals surface area contributed by atoms with Gasteiger partial charge in [0.2, 0.25) is 5.91 Å². The van der Waals surface area contributed by atoms with E-state index in [0.717, 1.165) is 40.9 Å². The smallest absolute Gasteiger partial charge is 0.226 e. The number of pyridine rings is 1. The van der Waals surface area contributed by atoms with Crippen LogP contribution in [0.5, 0.6) is 0 Å². The number of nitrogens with zero attached hydrogens (tertiary/aromatic N) is 5. The average molecular weight is 373 g/mol. The fourth-order valence-electron chi connectivity index (χ4n) is 4.21. The van der Waals surface area contributed by atoms with Gasteiger partial charge in [-0.1, -0.05) is 18.2 Å². The Morgan fingerprint density at radius 2 is 2.07 bits per heavy atom. The molecule has 6 heteroatoms. The minimum absolute atomic E-state index is 0.0794. The molecule has 0 bridgehead atoms. The van der Waals surface area contributed by atoms with Crippen molar-refractivity contribution in [3.8, 4) is 11.3 Å². The molecule has 0 saturated heterocycles. The highest BCUT2D eigenvalue weighted by atomic mass is 16.2. The predicted octanol–water partition coefficient (Wildman–Crippen LogP) is 3.14. The molecule has 0 saturated carbocycles. The van der Waals surface area contributed by atoms with Gasteiger partial charge in [0.05, 0.1) is 18.8 Å². The van der Waals surface area contributed by atoms with Gasteiger partial charge in [0.1, 0.15) is 0 Å². The van der Waals surface area contributed by atoms with Crippen molar-refractivity contribution in [2.45, 2.75) is 32.5 Å². The van der Waals surface area contributed by atoms with Gasteiger partial charge in [0.15, 0.2) is 0 Å². The van der Waals surface area contributed by atoms with Crippen LogP contribution in [-0.4, -0.2) is 30.1 Å². The summed E-state index contributed by atoms with van der Waals surface area (Å²) >= 11 is 0. The Kier molecular flexibility index (Phi) is 4.11. The maximum atomic E-state index is 13.1. The van der Waals surface area contributed by atoms with E-state index in [0.29, 0.717) is 19.6 Å². The minimum atomic E-state index is 0.0794. The Bertz CT molecular complexity index is 1040. The first-order chi connectivity index (χ1) is 13.7. The maximum absolute atomic E-state index is 13.1. The number of aryl methyl sites for hydroxylation is 1. The molecule has 0 radical (unpaired) electrons. The van der Waals surface area contributed by atoms with Gasteiger partial charge in [0.25, 0.3) is 0 Å². The lowest BCUT2D eigenvalue weighted by Gasteiger charge is -2.24. The summed E-state index contributed by atoms with van der Waals surface area (Å²) in [6.45, 7) is 1.91. The predicted molar refractivity (Wildman–Crippen MR) is 106 cm³/mol. The summed E-state index contributed by atoms with van der Waals surface area (Å²) in [6, 6.07) is 6.10. The van der Waals surface area contributed by atoms with Crippen molar-refractivity contribution in [1.29, 1.82) is 0 Å². The van der Waals surface area contributed by atoms with Crippen LogP contribution in [0.2, 0.25) is 0 Å². The highest BCUT2D eigenvalue weighted by Crippen LogP contribution is 2.33. The van der Waals surface area contributed by atoms with Crippen molar-refractivity contribution in [1.82, 2.24) is 24.2 Å². The maximum Gasteiger partial charge on any atom is 0.226 e.